The van der Waals surface area contributed by atoms with Gasteiger partial charge in [-0.05, 0) is 11.4 Å². The van der Waals surface area contributed by atoms with Crippen molar-refractivity contribution in [2.75, 3.05) is 12.3 Å². The maximum Gasteiger partial charge on any atom is 0.411 e. The van der Waals surface area contributed by atoms with Crippen LogP contribution in [0.5, 0.6) is 0 Å². The molecule has 5 nitrogen and oxygen atoms in total. The molecule has 0 bridgehead atoms. The van der Waals surface area contributed by atoms with Crippen molar-refractivity contribution in [1.29, 1.82) is 0 Å². The Kier molecular flexibility index (Phi) is 3.53. The number of alkyl halides is 3. The van der Waals surface area contributed by atoms with Crippen LogP contribution < -0.4 is 5.73 Å². The van der Waals surface area contributed by atoms with E-state index in [0.29, 0.717) is 10.6 Å². The topological polar surface area (TPSA) is 74.2 Å². The summed E-state index contributed by atoms with van der Waals surface area (Å²) in [6.45, 7) is -1.72. The molecule has 0 saturated heterocycles. The van der Waals surface area contributed by atoms with Gasteiger partial charge in [0.2, 0.25) is 0 Å². The molecule has 0 fully saturated rings. The third kappa shape index (κ3) is 3.20. The Balaban J connectivity index is 1.97. The minimum atomic E-state index is -4.37. The van der Waals surface area contributed by atoms with E-state index in [0.717, 1.165) is 0 Å². The second-order valence-corrected chi connectivity index (χ2v) is 4.27. The summed E-state index contributed by atoms with van der Waals surface area (Å²) in [6.07, 6.45) is -4.37. The van der Waals surface area contributed by atoms with Crippen molar-refractivity contribution < 1.29 is 22.4 Å². The standard InChI is InChI=1S/C9H8F3N3O2S/c10-9(11,12)4-16-3-6-14-8(17-15-6)5-1-2-18-7(5)13/h1-2H,3-4,13H2. The lowest BCUT2D eigenvalue weighted by Crippen LogP contribution is -2.16. The monoisotopic (exact) mass is 279 g/mol. The fourth-order valence-corrected chi connectivity index (χ4v) is 1.81. The van der Waals surface area contributed by atoms with Gasteiger partial charge in [-0.3, -0.25) is 0 Å². The largest absolute Gasteiger partial charge is 0.411 e. The molecule has 2 heterocycles. The lowest BCUT2D eigenvalue weighted by Gasteiger charge is -2.04. The van der Waals surface area contributed by atoms with Gasteiger partial charge in [0, 0.05) is 0 Å². The summed E-state index contributed by atoms with van der Waals surface area (Å²) in [7, 11) is 0. The SMILES string of the molecule is Nc1sccc1-c1nc(COCC(F)(F)F)no1. The smallest absolute Gasteiger partial charge is 0.390 e. The molecule has 0 aromatic carbocycles. The summed E-state index contributed by atoms with van der Waals surface area (Å²) < 4.78 is 44.8. The summed E-state index contributed by atoms with van der Waals surface area (Å²) in [5, 5.41) is 5.75. The molecule has 0 aliphatic rings. The first-order valence-electron chi connectivity index (χ1n) is 4.76. The molecule has 98 valence electrons. The van der Waals surface area contributed by atoms with Crippen molar-refractivity contribution in [3.05, 3.63) is 17.3 Å². The molecule has 0 aliphatic carbocycles. The average molecular weight is 279 g/mol. The fourth-order valence-electron chi connectivity index (χ4n) is 1.18. The van der Waals surface area contributed by atoms with Gasteiger partial charge < -0.3 is 15.0 Å². The van der Waals surface area contributed by atoms with Gasteiger partial charge in [0.1, 0.15) is 13.2 Å². The fraction of sp³-hybridized carbons (Fsp3) is 0.333. The highest BCUT2D eigenvalue weighted by atomic mass is 32.1. The molecular formula is C9H8F3N3O2S. The van der Waals surface area contributed by atoms with Crippen LogP contribution in [0.4, 0.5) is 18.2 Å². The zero-order valence-corrected chi connectivity index (χ0v) is 9.72. The van der Waals surface area contributed by atoms with Gasteiger partial charge in [-0.15, -0.1) is 11.3 Å². The highest BCUT2D eigenvalue weighted by molar-refractivity contribution is 7.14. The molecular weight excluding hydrogens is 271 g/mol. The number of nitrogens with two attached hydrogens (primary N) is 1. The number of thiophene rings is 1. The number of rotatable bonds is 4. The molecule has 2 N–H and O–H groups in total. The van der Waals surface area contributed by atoms with Crippen molar-refractivity contribution in [2.45, 2.75) is 12.8 Å². The van der Waals surface area contributed by atoms with Crippen LogP contribution >= 0.6 is 11.3 Å². The molecule has 0 amide bonds. The van der Waals surface area contributed by atoms with Crippen molar-refractivity contribution >= 4 is 16.3 Å². The Morgan fingerprint density at radius 3 is 2.83 bits per heavy atom. The molecule has 2 rings (SSSR count). The highest BCUT2D eigenvalue weighted by Gasteiger charge is 2.27. The van der Waals surface area contributed by atoms with E-state index in [1.165, 1.54) is 11.3 Å². The van der Waals surface area contributed by atoms with Crippen LogP contribution in [-0.2, 0) is 11.3 Å². The minimum absolute atomic E-state index is 0.0415. The zero-order chi connectivity index (χ0) is 13.2. The van der Waals surface area contributed by atoms with Crippen molar-refractivity contribution in [3.8, 4) is 11.5 Å². The van der Waals surface area contributed by atoms with Crippen LogP contribution in [0.2, 0.25) is 0 Å². The van der Waals surface area contributed by atoms with Crippen LogP contribution in [0.15, 0.2) is 16.0 Å². The Hall–Kier alpha value is -1.61. The van der Waals surface area contributed by atoms with Gasteiger partial charge in [0.15, 0.2) is 5.82 Å². The minimum Gasteiger partial charge on any atom is -0.390 e. The number of hydrogen-bond acceptors (Lipinski definition) is 6. The van der Waals surface area contributed by atoms with Gasteiger partial charge in [-0.1, -0.05) is 5.16 Å². The summed E-state index contributed by atoms with van der Waals surface area (Å²) in [5.41, 5.74) is 6.21. The second-order valence-electron chi connectivity index (χ2n) is 3.32. The Labute approximate surface area is 103 Å². The van der Waals surface area contributed by atoms with Crippen LogP contribution in [0.1, 0.15) is 5.82 Å². The van der Waals surface area contributed by atoms with Gasteiger partial charge in [0.25, 0.3) is 5.89 Å². The third-order valence-electron chi connectivity index (χ3n) is 1.89. The van der Waals surface area contributed by atoms with E-state index in [-0.39, 0.29) is 18.3 Å². The number of anilines is 1. The lowest BCUT2D eigenvalue weighted by molar-refractivity contribution is -0.177. The predicted molar refractivity (Wildman–Crippen MR) is 57.7 cm³/mol. The highest BCUT2D eigenvalue weighted by Crippen LogP contribution is 2.29. The van der Waals surface area contributed by atoms with Crippen LogP contribution in [-0.4, -0.2) is 22.9 Å². The van der Waals surface area contributed by atoms with Crippen LogP contribution in [0.3, 0.4) is 0 Å². The number of ether oxygens (including phenoxy) is 1. The molecule has 0 unspecified atom stereocenters. The molecule has 18 heavy (non-hydrogen) atoms. The van der Waals surface area contributed by atoms with Gasteiger partial charge in [-0.2, -0.15) is 18.2 Å². The maximum atomic E-state index is 11.8. The quantitative estimate of drug-likeness (QED) is 0.930. The van der Waals surface area contributed by atoms with Gasteiger partial charge >= 0.3 is 6.18 Å². The van der Waals surface area contributed by atoms with E-state index in [9.17, 15) is 13.2 Å². The number of halogens is 3. The zero-order valence-electron chi connectivity index (χ0n) is 8.90. The maximum absolute atomic E-state index is 11.8. The molecule has 0 saturated carbocycles. The Morgan fingerprint density at radius 2 is 2.22 bits per heavy atom. The van der Waals surface area contributed by atoms with E-state index in [1.54, 1.807) is 11.4 Å². The van der Waals surface area contributed by atoms with E-state index in [1.807, 2.05) is 0 Å². The van der Waals surface area contributed by atoms with Gasteiger partial charge in [0.05, 0.1) is 10.6 Å². The molecule has 0 aliphatic heterocycles. The number of hydrogen-bond donors (Lipinski definition) is 1. The first-order valence-corrected chi connectivity index (χ1v) is 5.64. The lowest BCUT2D eigenvalue weighted by atomic mass is 10.3. The third-order valence-corrected chi connectivity index (χ3v) is 2.64. The molecule has 2 aromatic heterocycles. The number of aromatic nitrogens is 2. The van der Waals surface area contributed by atoms with Crippen molar-refractivity contribution in [1.82, 2.24) is 10.1 Å². The Morgan fingerprint density at radius 1 is 1.44 bits per heavy atom. The van der Waals surface area contributed by atoms with Crippen LogP contribution in [0, 0.1) is 0 Å². The summed E-state index contributed by atoms with van der Waals surface area (Å²) in [5.74, 6) is 0.208. The van der Waals surface area contributed by atoms with E-state index in [2.05, 4.69) is 14.9 Å². The normalized spacial score (nSPS) is 11.9. The van der Waals surface area contributed by atoms with E-state index >= 15 is 0 Å². The molecule has 0 radical (unpaired) electrons. The molecule has 0 atom stereocenters. The van der Waals surface area contributed by atoms with Crippen LogP contribution in [0.25, 0.3) is 11.5 Å². The van der Waals surface area contributed by atoms with E-state index < -0.39 is 12.8 Å². The first kappa shape index (κ1) is 12.8. The molecule has 2 aromatic rings. The van der Waals surface area contributed by atoms with E-state index in [4.69, 9.17) is 10.3 Å². The second kappa shape index (κ2) is 4.94. The summed E-state index contributed by atoms with van der Waals surface area (Å²) in [4.78, 5) is 3.89. The number of nitrogen functional groups attached to an aromatic ring is 1. The summed E-state index contributed by atoms with van der Waals surface area (Å²) in [6, 6.07) is 1.69. The average Bonchev–Trinajstić information content (AvgIpc) is 2.84. The predicted octanol–water partition coefficient (Wildman–Crippen LogP) is 2.46. The first-order chi connectivity index (χ1) is 8.46. The Bertz CT molecular complexity index is 523. The number of nitrogens with zero attached hydrogens (tertiary/aromatic N) is 2. The van der Waals surface area contributed by atoms with Gasteiger partial charge in [-0.25, -0.2) is 0 Å². The molecule has 9 heteroatoms. The van der Waals surface area contributed by atoms with Crippen molar-refractivity contribution in [2.24, 2.45) is 0 Å². The molecule has 0 spiro atoms. The van der Waals surface area contributed by atoms with Crippen molar-refractivity contribution in [3.63, 3.8) is 0 Å². The summed E-state index contributed by atoms with van der Waals surface area (Å²) >= 11 is 1.30.